The van der Waals surface area contributed by atoms with Crippen molar-refractivity contribution in [2.45, 2.75) is 5.41 Å². The largest absolute Gasteiger partial charge is 0.226 e. The lowest BCUT2D eigenvalue weighted by molar-refractivity contribution is 0.768. The Hall–Kier alpha value is -5.16. The zero-order valence-corrected chi connectivity index (χ0v) is 25.6. The van der Waals surface area contributed by atoms with Crippen LogP contribution in [0.1, 0.15) is 22.3 Å². The Bertz CT molecular complexity index is 2370. The molecule has 9 rings (SSSR count). The monoisotopic (exact) mass is 613 g/mol. The van der Waals surface area contributed by atoms with Gasteiger partial charge < -0.3 is 0 Å². The molecule has 1 aliphatic carbocycles. The summed E-state index contributed by atoms with van der Waals surface area (Å²) in [6, 6.07) is 51.7. The second-order valence-corrected chi connectivity index (χ2v) is 12.7. The van der Waals surface area contributed by atoms with Crippen molar-refractivity contribution in [3.05, 3.63) is 173 Å². The van der Waals surface area contributed by atoms with Crippen LogP contribution < -0.4 is 0 Å². The smallest absolute Gasteiger partial charge is 0.208 e. The molecule has 0 bridgehead atoms. The minimum Gasteiger partial charge on any atom is -0.208 e. The number of thiophene rings is 1. The second-order valence-electron chi connectivity index (χ2n) is 11.3. The van der Waals surface area contributed by atoms with Crippen LogP contribution in [0.5, 0.6) is 0 Å². The highest BCUT2D eigenvalue weighted by molar-refractivity contribution is 7.26. The third-order valence-electron chi connectivity index (χ3n) is 8.97. The van der Waals surface area contributed by atoms with Crippen LogP contribution in [0.4, 0.5) is 0 Å². The number of hydrogen-bond acceptors (Lipinski definition) is 4. The fourth-order valence-electron chi connectivity index (χ4n) is 7.13. The quantitative estimate of drug-likeness (QED) is 0.198. The van der Waals surface area contributed by atoms with Crippen LogP contribution in [-0.4, -0.2) is 15.0 Å². The molecule has 2 aromatic heterocycles. The summed E-state index contributed by atoms with van der Waals surface area (Å²) in [5, 5.41) is 2.60. The maximum absolute atomic E-state index is 6.64. The van der Waals surface area contributed by atoms with Gasteiger partial charge in [-0.2, -0.15) is 9.97 Å². The maximum atomic E-state index is 6.64. The first-order valence-electron chi connectivity index (χ1n) is 14.9. The van der Waals surface area contributed by atoms with Gasteiger partial charge in [0.2, 0.25) is 5.28 Å². The van der Waals surface area contributed by atoms with Gasteiger partial charge in [-0.1, -0.05) is 127 Å². The highest BCUT2D eigenvalue weighted by Gasteiger charge is 2.45. The summed E-state index contributed by atoms with van der Waals surface area (Å²) < 4.78 is 2.37. The lowest BCUT2D eigenvalue weighted by Crippen LogP contribution is -2.28. The lowest BCUT2D eigenvalue weighted by atomic mass is 9.67. The van der Waals surface area contributed by atoms with E-state index in [2.05, 4.69) is 156 Å². The maximum Gasteiger partial charge on any atom is 0.226 e. The second kappa shape index (κ2) is 10.2. The number of benzene rings is 6. The molecule has 5 heteroatoms. The molecule has 45 heavy (non-hydrogen) atoms. The number of rotatable bonds is 4. The number of aromatic nitrogens is 3. The average Bonchev–Trinajstić information content (AvgIpc) is 3.63. The van der Waals surface area contributed by atoms with E-state index in [0.29, 0.717) is 11.6 Å². The van der Waals surface area contributed by atoms with E-state index < -0.39 is 5.41 Å². The van der Waals surface area contributed by atoms with Gasteiger partial charge in [0, 0.05) is 31.3 Å². The molecular formula is C40H24ClN3S. The van der Waals surface area contributed by atoms with Gasteiger partial charge >= 0.3 is 0 Å². The van der Waals surface area contributed by atoms with E-state index in [1.807, 2.05) is 0 Å². The normalized spacial score (nSPS) is 13.2. The van der Waals surface area contributed by atoms with Crippen molar-refractivity contribution >= 4 is 43.1 Å². The minimum atomic E-state index is -0.507. The van der Waals surface area contributed by atoms with E-state index in [0.717, 1.165) is 21.4 Å². The first kappa shape index (κ1) is 26.3. The van der Waals surface area contributed by atoms with Crippen LogP contribution in [0.25, 0.3) is 54.1 Å². The van der Waals surface area contributed by atoms with E-state index in [1.54, 1.807) is 11.3 Å². The molecule has 0 radical (unpaired) electrons. The molecule has 0 unspecified atom stereocenters. The van der Waals surface area contributed by atoms with Gasteiger partial charge in [0.25, 0.3) is 0 Å². The molecule has 0 saturated carbocycles. The molecular weight excluding hydrogens is 590 g/mol. The fraction of sp³-hybridized carbons (Fsp3) is 0.0250. The number of fused-ring (bicyclic) bond motifs is 6. The molecule has 0 spiro atoms. The van der Waals surface area contributed by atoms with Crippen LogP contribution in [-0.2, 0) is 5.41 Å². The van der Waals surface area contributed by atoms with E-state index >= 15 is 0 Å². The average molecular weight is 614 g/mol. The van der Waals surface area contributed by atoms with Crippen LogP contribution in [0.3, 0.4) is 0 Å². The Balaban J connectivity index is 1.26. The first-order chi connectivity index (χ1) is 22.2. The van der Waals surface area contributed by atoms with Crippen molar-refractivity contribution < 1.29 is 0 Å². The van der Waals surface area contributed by atoms with Crippen molar-refractivity contribution in [2.75, 3.05) is 0 Å². The molecule has 0 amide bonds. The molecule has 0 atom stereocenters. The first-order valence-corrected chi connectivity index (χ1v) is 16.1. The molecule has 2 heterocycles. The summed E-state index contributed by atoms with van der Waals surface area (Å²) in [6.07, 6.45) is 0. The van der Waals surface area contributed by atoms with Crippen molar-refractivity contribution in [3.8, 4) is 33.9 Å². The van der Waals surface area contributed by atoms with Crippen LogP contribution >= 0.6 is 22.9 Å². The van der Waals surface area contributed by atoms with Crippen LogP contribution in [0.15, 0.2) is 146 Å². The van der Waals surface area contributed by atoms with Gasteiger partial charge in [0.05, 0.1) is 5.41 Å². The molecule has 0 N–H and O–H groups in total. The summed E-state index contributed by atoms with van der Waals surface area (Å²) in [6.45, 7) is 0. The summed E-state index contributed by atoms with van der Waals surface area (Å²) in [5.41, 5.74) is 8.73. The molecule has 0 fully saturated rings. The predicted octanol–water partition coefficient (Wildman–Crippen LogP) is 10.6. The van der Waals surface area contributed by atoms with Crippen molar-refractivity contribution in [2.24, 2.45) is 0 Å². The van der Waals surface area contributed by atoms with Gasteiger partial charge in [-0.3, -0.25) is 0 Å². The molecule has 8 aromatic rings. The van der Waals surface area contributed by atoms with Gasteiger partial charge in [-0.25, -0.2) is 4.98 Å². The number of halogens is 1. The van der Waals surface area contributed by atoms with E-state index in [1.165, 1.54) is 43.3 Å². The lowest BCUT2D eigenvalue weighted by Gasteiger charge is -2.34. The number of hydrogen-bond donors (Lipinski definition) is 0. The highest BCUT2D eigenvalue weighted by Crippen LogP contribution is 2.56. The summed E-state index contributed by atoms with van der Waals surface area (Å²) >= 11 is 8.40. The van der Waals surface area contributed by atoms with Gasteiger partial charge in [0.1, 0.15) is 0 Å². The third kappa shape index (κ3) is 3.93. The predicted molar refractivity (Wildman–Crippen MR) is 186 cm³/mol. The number of nitrogens with zero attached hydrogens (tertiary/aromatic N) is 3. The highest BCUT2D eigenvalue weighted by atomic mass is 35.5. The Morgan fingerprint density at radius 3 is 1.89 bits per heavy atom. The van der Waals surface area contributed by atoms with Crippen LogP contribution in [0, 0.1) is 0 Å². The Morgan fingerprint density at radius 1 is 0.489 bits per heavy atom. The Morgan fingerprint density at radius 2 is 1.09 bits per heavy atom. The fourth-order valence-corrected chi connectivity index (χ4v) is 8.50. The molecule has 3 nitrogen and oxygen atoms in total. The Labute approximate surface area is 269 Å². The zero-order valence-electron chi connectivity index (χ0n) is 24.0. The minimum absolute atomic E-state index is 0.174. The standard InChI is InChI=1S/C40H24ClN3S/c41-39-43-37(42-38(44-39)32-20-11-19-31-30-18-6-9-23-35(30)45-36(31)32)25-12-10-15-27(24-25)40(26-13-2-1-3-14-26)33-21-7-4-16-28(33)29-17-5-8-22-34(29)40/h1-24H. The molecule has 6 aromatic carbocycles. The van der Waals surface area contributed by atoms with Gasteiger partial charge in [-0.15, -0.1) is 11.3 Å². The summed E-state index contributed by atoms with van der Waals surface area (Å²) in [5.74, 6) is 1.12. The zero-order chi connectivity index (χ0) is 30.0. The topological polar surface area (TPSA) is 38.7 Å². The molecule has 212 valence electrons. The van der Waals surface area contributed by atoms with Gasteiger partial charge in [-0.05, 0) is 63.2 Å². The SMILES string of the molecule is Clc1nc(-c2cccc(C3(c4ccccc4)c4ccccc4-c4ccccc43)c2)nc(-c2cccc3c2sc2ccccc23)n1. The van der Waals surface area contributed by atoms with E-state index in [-0.39, 0.29) is 5.28 Å². The molecule has 0 aliphatic heterocycles. The van der Waals surface area contributed by atoms with Crippen molar-refractivity contribution in [1.82, 2.24) is 15.0 Å². The molecule has 0 saturated heterocycles. The van der Waals surface area contributed by atoms with Gasteiger partial charge in [0.15, 0.2) is 11.6 Å². The van der Waals surface area contributed by atoms with Crippen molar-refractivity contribution in [3.63, 3.8) is 0 Å². The molecule has 1 aliphatic rings. The van der Waals surface area contributed by atoms with E-state index in [9.17, 15) is 0 Å². The third-order valence-corrected chi connectivity index (χ3v) is 10.4. The Kier molecular flexibility index (Phi) is 5.95. The van der Waals surface area contributed by atoms with E-state index in [4.69, 9.17) is 16.6 Å². The summed E-state index contributed by atoms with van der Waals surface area (Å²) in [4.78, 5) is 14.3. The van der Waals surface area contributed by atoms with Crippen LogP contribution in [0.2, 0.25) is 5.28 Å². The van der Waals surface area contributed by atoms with Crippen molar-refractivity contribution in [1.29, 1.82) is 0 Å². The summed E-state index contributed by atoms with van der Waals surface area (Å²) in [7, 11) is 0.